The molecule has 1 amide bonds. The summed E-state index contributed by atoms with van der Waals surface area (Å²) in [6.45, 7) is 9.01. The van der Waals surface area contributed by atoms with Gasteiger partial charge in [0.25, 0.3) is 0 Å². The van der Waals surface area contributed by atoms with Crippen LogP contribution in [-0.2, 0) is 4.79 Å². The lowest BCUT2D eigenvalue weighted by atomic mass is 9.90. The average molecular weight is 249 g/mol. The number of amides is 1. The van der Waals surface area contributed by atoms with E-state index in [2.05, 4.69) is 20.8 Å². The Kier molecular flexibility index (Phi) is 6.34. The predicted octanol–water partition coefficient (Wildman–Crippen LogP) is 2.04. The Morgan fingerprint density at radius 1 is 1.44 bits per heavy atom. The highest BCUT2D eigenvalue weighted by Gasteiger charge is 2.25. The number of rotatable bonds is 3. The van der Waals surface area contributed by atoms with Gasteiger partial charge in [0.1, 0.15) is 0 Å². The molecule has 0 radical (unpaired) electrons. The molecule has 0 spiro atoms. The van der Waals surface area contributed by atoms with Gasteiger partial charge in [-0.25, -0.2) is 0 Å². The summed E-state index contributed by atoms with van der Waals surface area (Å²) < 4.78 is 0. The molecule has 16 heavy (non-hydrogen) atoms. The zero-order chi connectivity index (χ0) is 11.5. The Hall–Kier alpha value is -0.280. The number of nitrogens with two attached hydrogens (primary N) is 1. The SMILES string of the molecule is CC(C)(C)CCC(=O)N1CCC(CN)C1.Cl. The van der Waals surface area contributed by atoms with Crippen LogP contribution in [0.1, 0.15) is 40.0 Å². The van der Waals surface area contributed by atoms with Crippen LogP contribution < -0.4 is 5.73 Å². The molecule has 1 aliphatic rings. The van der Waals surface area contributed by atoms with E-state index in [0.717, 1.165) is 25.9 Å². The second-order valence-electron chi connectivity index (χ2n) is 5.79. The molecule has 0 aliphatic carbocycles. The molecule has 2 N–H and O–H groups in total. The minimum Gasteiger partial charge on any atom is -0.342 e. The Morgan fingerprint density at radius 3 is 2.50 bits per heavy atom. The monoisotopic (exact) mass is 248 g/mol. The van der Waals surface area contributed by atoms with E-state index in [1.807, 2.05) is 4.90 Å². The minimum atomic E-state index is 0. The van der Waals surface area contributed by atoms with Crippen LogP contribution in [0.25, 0.3) is 0 Å². The third-order valence-electron chi connectivity index (χ3n) is 3.06. The van der Waals surface area contributed by atoms with E-state index in [9.17, 15) is 4.79 Å². The normalized spacial score (nSPS) is 20.8. The highest BCUT2D eigenvalue weighted by atomic mass is 35.5. The summed E-state index contributed by atoms with van der Waals surface area (Å²) in [6, 6.07) is 0. The van der Waals surface area contributed by atoms with Gasteiger partial charge >= 0.3 is 0 Å². The molecule has 0 saturated carbocycles. The Balaban J connectivity index is 0.00000225. The van der Waals surface area contributed by atoms with Gasteiger partial charge in [-0.05, 0) is 30.7 Å². The van der Waals surface area contributed by atoms with Crippen molar-refractivity contribution in [1.29, 1.82) is 0 Å². The third-order valence-corrected chi connectivity index (χ3v) is 3.06. The molecule has 4 heteroatoms. The number of carbonyl (C=O) groups is 1. The lowest BCUT2D eigenvalue weighted by molar-refractivity contribution is -0.130. The maximum atomic E-state index is 11.8. The number of carbonyl (C=O) groups excluding carboxylic acids is 1. The van der Waals surface area contributed by atoms with Crippen molar-refractivity contribution in [3.63, 3.8) is 0 Å². The average Bonchev–Trinajstić information content (AvgIpc) is 2.61. The fraction of sp³-hybridized carbons (Fsp3) is 0.917. The van der Waals surface area contributed by atoms with Crippen LogP contribution >= 0.6 is 12.4 Å². The second-order valence-corrected chi connectivity index (χ2v) is 5.79. The fourth-order valence-electron chi connectivity index (χ4n) is 1.89. The van der Waals surface area contributed by atoms with E-state index in [1.54, 1.807) is 0 Å². The first-order valence-corrected chi connectivity index (χ1v) is 5.90. The standard InChI is InChI=1S/C12H24N2O.ClH/c1-12(2,3)6-4-11(15)14-7-5-10(8-13)9-14;/h10H,4-9,13H2,1-3H3;1H. The minimum absolute atomic E-state index is 0. The van der Waals surface area contributed by atoms with Crippen molar-refractivity contribution < 1.29 is 4.79 Å². The molecule has 1 rings (SSSR count). The molecule has 3 nitrogen and oxygen atoms in total. The Bertz CT molecular complexity index is 226. The first-order chi connectivity index (χ1) is 6.92. The molecule has 0 aromatic carbocycles. The number of nitrogens with zero attached hydrogens (tertiary/aromatic N) is 1. The van der Waals surface area contributed by atoms with Gasteiger partial charge in [0.05, 0.1) is 0 Å². The van der Waals surface area contributed by atoms with E-state index in [4.69, 9.17) is 5.73 Å². The summed E-state index contributed by atoms with van der Waals surface area (Å²) >= 11 is 0. The van der Waals surface area contributed by atoms with E-state index in [-0.39, 0.29) is 17.8 Å². The lowest BCUT2D eigenvalue weighted by Crippen LogP contribution is -2.30. The number of halogens is 1. The Morgan fingerprint density at radius 2 is 2.06 bits per heavy atom. The van der Waals surface area contributed by atoms with Crippen molar-refractivity contribution in [3.05, 3.63) is 0 Å². The first-order valence-electron chi connectivity index (χ1n) is 5.90. The van der Waals surface area contributed by atoms with Crippen LogP contribution in [0, 0.1) is 11.3 Å². The van der Waals surface area contributed by atoms with Crippen LogP contribution in [0.2, 0.25) is 0 Å². The van der Waals surface area contributed by atoms with Crippen LogP contribution in [0.4, 0.5) is 0 Å². The fourth-order valence-corrected chi connectivity index (χ4v) is 1.89. The van der Waals surface area contributed by atoms with Crippen LogP contribution in [0.3, 0.4) is 0 Å². The van der Waals surface area contributed by atoms with Gasteiger partial charge in [0.15, 0.2) is 0 Å². The van der Waals surface area contributed by atoms with E-state index in [1.165, 1.54) is 0 Å². The zero-order valence-electron chi connectivity index (χ0n) is 10.7. The van der Waals surface area contributed by atoms with Crippen molar-refractivity contribution >= 4 is 18.3 Å². The molecule has 0 bridgehead atoms. The van der Waals surface area contributed by atoms with Gasteiger partial charge in [0, 0.05) is 19.5 Å². The summed E-state index contributed by atoms with van der Waals surface area (Å²) in [5.74, 6) is 0.837. The van der Waals surface area contributed by atoms with Crippen molar-refractivity contribution in [3.8, 4) is 0 Å². The topological polar surface area (TPSA) is 46.3 Å². The van der Waals surface area contributed by atoms with Crippen molar-refractivity contribution in [1.82, 2.24) is 4.90 Å². The van der Waals surface area contributed by atoms with Crippen molar-refractivity contribution in [2.75, 3.05) is 19.6 Å². The maximum absolute atomic E-state index is 11.8. The van der Waals surface area contributed by atoms with Crippen molar-refractivity contribution in [2.45, 2.75) is 40.0 Å². The summed E-state index contributed by atoms with van der Waals surface area (Å²) in [7, 11) is 0. The van der Waals surface area contributed by atoms with Crippen molar-refractivity contribution in [2.24, 2.45) is 17.1 Å². The van der Waals surface area contributed by atoms with Gasteiger partial charge in [-0.1, -0.05) is 20.8 Å². The summed E-state index contributed by atoms with van der Waals surface area (Å²) in [5.41, 5.74) is 5.85. The predicted molar refractivity (Wildman–Crippen MR) is 69.7 cm³/mol. The molecule has 0 aromatic rings. The molecule has 1 heterocycles. The first kappa shape index (κ1) is 15.7. The highest BCUT2D eigenvalue weighted by Crippen LogP contribution is 2.23. The molecule has 96 valence electrons. The van der Waals surface area contributed by atoms with Crippen LogP contribution in [-0.4, -0.2) is 30.4 Å². The molecule has 1 aliphatic heterocycles. The molecule has 1 unspecified atom stereocenters. The molecule has 0 aromatic heterocycles. The summed E-state index contributed by atoms with van der Waals surface area (Å²) in [6.07, 6.45) is 2.73. The maximum Gasteiger partial charge on any atom is 0.222 e. The Labute approximate surface area is 105 Å². The van der Waals surface area contributed by atoms with Crippen LogP contribution in [0.15, 0.2) is 0 Å². The van der Waals surface area contributed by atoms with Crippen LogP contribution in [0.5, 0.6) is 0 Å². The van der Waals surface area contributed by atoms with E-state index < -0.39 is 0 Å². The summed E-state index contributed by atoms with van der Waals surface area (Å²) in [5, 5.41) is 0. The molecule has 1 atom stereocenters. The number of hydrogen-bond donors (Lipinski definition) is 1. The molecule has 1 fully saturated rings. The van der Waals surface area contributed by atoms with E-state index >= 15 is 0 Å². The largest absolute Gasteiger partial charge is 0.342 e. The highest BCUT2D eigenvalue weighted by molar-refractivity contribution is 5.85. The lowest BCUT2D eigenvalue weighted by Gasteiger charge is -2.21. The zero-order valence-corrected chi connectivity index (χ0v) is 11.5. The van der Waals surface area contributed by atoms with Gasteiger partial charge < -0.3 is 10.6 Å². The number of likely N-dealkylation sites (tertiary alicyclic amines) is 1. The van der Waals surface area contributed by atoms with Gasteiger partial charge in [-0.3, -0.25) is 4.79 Å². The second kappa shape index (κ2) is 6.45. The number of hydrogen-bond acceptors (Lipinski definition) is 2. The summed E-state index contributed by atoms with van der Waals surface area (Å²) in [4.78, 5) is 13.8. The van der Waals surface area contributed by atoms with E-state index in [0.29, 0.717) is 24.8 Å². The van der Waals surface area contributed by atoms with Gasteiger partial charge in [-0.15, -0.1) is 12.4 Å². The quantitative estimate of drug-likeness (QED) is 0.831. The van der Waals surface area contributed by atoms with Gasteiger partial charge in [-0.2, -0.15) is 0 Å². The smallest absolute Gasteiger partial charge is 0.222 e. The third kappa shape index (κ3) is 5.17. The molecular weight excluding hydrogens is 224 g/mol. The molecule has 1 saturated heterocycles. The van der Waals surface area contributed by atoms with Gasteiger partial charge in [0.2, 0.25) is 5.91 Å². The molecular formula is C12H25ClN2O.